The van der Waals surface area contributed by atoms with Gasteiger partial charge in [0.25, 0.3) is 0 Å². The fourth-order valence-corrected chi connectivity index (χ4v) is 11.6. The molecule has 1 saturated heterocycles. The Hall–Kier alpha value is -4.50. The minimum absolute atomic E-state index is 0.0949. The number of thiophene rings is 2. The summed E-state index contributed by atoms with van der Waals surface area (Å²) < 4.78 is 21.0. The number of nitrogens with one attached hydrogen (secondary N) is 2. The summed E-state index contributed by atoms with van der Waals surface area (Å²) in [4.78, 5) is 35.0. The highest BCUT2D eigenvalue weighted by molar-refractivity contribution is 14.1. The van der Waals surface area contributed by atoms with Crippen LogP contribution in [0.2, 0.25) is 0 Å². The normalized spacial score (nSPS) is 16.6. The molecule has 11 rings (SSSR count). The number of aromatic nitrogens is 4. The second-order valence-electron chi connectivity index (χ2n) is 18.0. The van der Waals surface area contributed by atoms with Crippen LogP contribution in [0, 0.1) is 2.88 Å². The third kappa shape index (κ3) is 10.4. The van der Waals surface area contributed by atoms with E-state index in [2.05, 4.69) is 142 Å². The SMILES string of the molecule is CC(C)(C)OC(=O)N1CC=C(c2cc3c(Nc4ccc5scnc5c4)ccnc3s2)C1.CC1(C)OB(C2=CCCC2)OC1(C)C.Ic1cc2c(Nc3ccc4scnc4c3)ccnc2s1. The van der Waals surface area contributed by atoms with Crippen LogP contribution in [0.3, 0.4) is 0 Å². The third-order valence-corrected chi connectivity index (χ3v) is 16.1. The molecule has 11 nitrogen and oxygen atoms in total. The Bertz CT molecular complexity index is 3080. The Morgan fingerprint density at radius 2 is 1.37 bits per heavy atom. The van der Waals surface area contributed by atoms with E-state index in [0.29, 0.717) is 13.1 Å². The van der Waals surface area contributed by atoms with E-state index in [1.165, 1.54) is 36.0 Å². The van der Waals surface area contributed by atoms with Gasteiger partial charge in [-0.2, -0.15) is 0 Å². The third-order valence-electron chi connectivity index (χ3n) is 11.6. The van der Waals surface area contributed by atoms with Crippen molar-refractivity contribution in [2.75, 3.05) is 23.7 Å². The minimum atomic E-state index is -0.497. The molecule has 0 spiro atoms. The van der Waals surface area contributed by atoms with Crippen molar-refractivity contribution in [1.29, 1.82) is 0 Å². The molecule has 1 aliphatic carbocycles. The first kappa shape index (κ1) is 45.7. The van der Waals surface area contributed by atoms with Crippen LogP contribution in [-0.4, -0.2) is 67.9 Å². The zero-order chi connectivity index (χ0) is 45.5. The van der Waals surface area contributed by atoms with Gasteiger partial charge in [-0.3, -0.25) is 0 Å². The molecule has 0 unspecified atom stereocenters. The standard InChI is InChI=1S/C23H22N4O2S2.C14H8IN3S2.C11H19BO2/c1-23(2,3)29-22(28)27-9-7-14(12-27)20-11-16-17(6-8-24-21(16)31-20)26-15-4-5-19-18(10-15)25-13-30-19;15-13-6-9-10(3-4-16-14(9)20-13)18-8-1-2-12-11(5-8)17-7-19-12;1-10(2)11(3,4)14-12(13-10)9-7-5-6-8-9/h4-8,10-11,13H,9,12H2,1-3H3,(H,24,26);1-7H,(H,16,18);7H,5-6,8H2,1-4H3. The van der Waals surface area contributed by atoms with E-state index in [4.69, 9.17) is 14.0 Å². The number of carbonyl (C=O) groups excluding carboxylic acids is 1. The van der Waals surface area contributed by atoms with Crippen molar-refractivity contribution in [2.24, 2.45) is 0 Å². The van der Waals surface area contributed by atoms with Crippen LogP contribution >= 0.6 is 67.9 Å². The molecule has 8 aromatic rings. The second-order valence-corrected chi connectivity index (χ2v) is 23.7. The smallest absolute Gasteiger partial charge is 0.444 e. The number of halogens is 1. The number of carbonyl (C=O) groups is 1. The Balaban J connectivity index is 0.000000134. The van der Waals surface area contributed by atoms with Crippen molar-refractivity contribution in [3.63, 3.8) is 0 Å². The Morgan fingerprint density at radius 3 is 1.94 bits per heavy atom. The number of amides is 1. The first-order chi connectivity index (χ1) is 31.1. The Morgan fingerprint density at radius 1 is 0.785 bits per heavy atom. The van der Waals surface area contributed by atoms with Gasteiger partial charge in [-0.1, -0.05) is 12.2 Å². The predicted octanol–water partition coefficient (Wildman–Crippen LogP) is 14.3. The topological polar surface area (TPSA) is 124 Å². The molecule has 17 heteroatoms. The summed E-state index contributed by atoms with van der Waals surface area (Å²) in [6.45, 7) is 15.2. The number of benzene rings is 2. The number of nitrogens with zero attached hydrogens (tertiary/aromatic N) is 5. The number of thiazole rings is 2. The summed E-state index contributed by atoms with van der Waals surface area (Å²) in [7, 11) is -0.0949. The Kier molecular flexibility index (Phi) is 13.1. The molecular formula is C48H49BIN7O4S4. The van der Waals surface area contributed by atoms with Gasteiger partial charge in [0, 0.05) is 46.0 Å². The number of pyridine rings is 2. The highest BCUT2D eigenvalue weighted by Gasteiger charge is 2.52. The van der Waals surface area contributed by atoms with E-state index in [-0.39, 0.29) is 24.4 Å². The summed E-state index contributed by atoms with van der Waals surface area (Å²) in [6.07, 6.45) is 11.3. The molecule has 8 heterocycles. The zero-order valence-corrected chi connectivity index (χ0v) is 42.7. The fraction of sp³-hybridized carbons (Fsp3) is 0.312. The lowest BCUT2D eigenvalue weighted by atomic mass is 9.78. The maximum absolute atomic E-state index is 12.4. The van der Waals surface area contributed by atoms with Crippen molar-refractivity contribution in [3.05, 3.63) is 109 Å². The summed E-state index contributed by atoms with van der Waals surface area (Å²) in [5.74, 6) is 0. The molecule has 0 bridgehead atoms. The van der Waals surface area contributed by atoms with Crippen LogP contribution in [0.15, 0.2) is 102 Å². The van der Waals surface area contributed by atoms with Gasteiger partial charge in [-0.15, -0.1) is 45.3 Å². The van der Waals surface area contributed by atoms with Crippen LogP contribution in [-0.2, 0) is 14.0 Å². The van der Waals surface area contributed by atoms with Crippen molar-refractivity contribution in [3.8, 4) is 0 Å². The molecule has 0 radical (unpaired) electrons. The molecule has 3 aliphatic rings. The molecule has 0 atom stereocenters. The van der Waals surface area contributed by atoms with Crippen molar-refractivity contribution in [2.45, 2.75) is 84.5 Å². The summed E-state index contributed by atoms with van der Waals surface area (Å²) >= 11 is 8.98. The van der Waals surface area contributed by atoms with Crippen molar-refractivity contribution >= 4 is 150 Å². The second kappa shape index (κ2) is 18.6. The van der Waals surface area contributed by atoms with Gasteiger partial charge in [0.2, 0.25) is 0 Å². The van der Waals surface area contributed by atoms with E-state index in [1.54, 1.807) is 50.2 Å². The lowest BCUT2D eigenvalue weighted by Crippen LogP contribution is -2.41. The first-order valence-electron chi connectivity index (χ1n) is 21.4. The summed E-state index contributed by atoms with van der Waals surface area (Å²) in [5.41, 5.74) is 11.5. The monoisotopic (exact) mass is 1050 g/mol. The quantitative estimate of drug-likeness (QED) is 0.123. The van der Waals surface area contributed by atoms with Crippen LogP contribution in [0.4, 0.5) is 27.5 Å². The minimum Gasteiger partial charge on any atom is -0.444 e. The molecule has 2 N–H and O–H groups in total. The molecular weight excluding hydrogens is 1000 g/mol. The number of rotatable bonds is 6. The van der Waals surface area contributed by atoms with Gasteiger partial charge in [-0.25, -0.2) is 24.7 Å². The number of ether oxygens (including phenoxy) is 1. The molecule has 2 aliphatic heterocycles. The average Bonchev–Trinajstić information content (AvgIpc) is 4.11. The van der Waals surface area contributed by atoms with E-state index in [1.807, 2.05) is 56.3 Å². The van der Waals surface area contributed by atoms with Crippen molar-refractivity contribution < 1.29 is 18.8 Å². The molecule has 2 aromatic carbocycles. The molecule has 0 saturated carbocycles. The maximum Gasteiger partial charge on any atom is 0.490 e. The number of hydrogen-bond donors (Lipinski definition) is 2. The van der Waals surface area contributed by atoms with Gasteiger partial charge in [-0.05, 0) is 162 Å². The van der Waals surface area contributed by atoms with Gasteiger partial charge < -0.3 is 29.6 Å². The first-order valence-corrected chi connectivity index (χ1v) is 25.9. The van der Waals surface area contributed by atoms with Crippen LogP contribution in [0.25, 0.3) is 46.4 Å². The lowest BCUT2D eigenvalue weighted by Gasteiger charge is -2.32. The summed E-state index contributed by atoms with van der Waals surface area (Å²) in [5, 5.41) is 9.22. The molecule has 65 heavy (non-hydrogen) atoms. The predicted molar refractivity (Wildman–Crippen MR) is 282 cm³/mol. The van der Waals surface area contributed by atoms with Crippen LogP contribution in [0.5, 0.6) is 0 Å². The number of anilines is 4. The van der Waals surface area contributed by atoms with Gasteiger partial charge >= 0.3 is 13.2 Å². The molecule has 6 aromatic heterocycles. The van der Waals surface area contributed by atoms with Crippen molar-refractivity contribution in [1.82, 2.24) is 24.8 Å². The number of allylic oxidation sites excluding steroid dienone is 2. The van der Waals surface area contributed by atoms with Crippen LogP contribution in [0.1, 0.15) is 72.6 Å². The number of fused-ring (bicyclic) bond motifs is 4. The van der Waals surface area contributed by atoms with E-state index in [0.717, 1.165) is 65.7 Å². The number of hydrogen-bond acceptors (Lipinski definition) is 14. The van der Waals surface area contributed by atoms with E-state index in [9.17, 15) is 4.79 Å². The Labute approximate surface area is 408 Å². The molecule has 334 valence electrons. The largest absolute Gasteiger partial charge is 0.490 e. The highest BCUT2D eigenvalue weighted by atomic mass is 127. The maximum atomic E-state index is 12.4. The molecule has 1 amide bonds. The average molecular weight is 1050 g/mol. The molecule has 1 fully saturated rings. The summed E-state index contributed by atoms with van der Waals surface area (Å²) in [6, 6.07) is 20.8. The zero-order valence-electron chi connectivity index (χ0n) is 37.2. The highest BCUT2D eigenvalue weighted by Crippen LogP contribution is 2.41. The van der Waals surface area contributed by atoms with Gasteiger partial charge in [0.05, 0.1) is 63.5 Å². The van der Waals surface area contributed by atoms with Gasteiger partial charge in [0.15, 0.2) is 0 Å². The fourth-order valence-electron chi connectivity index (χ4n) is 7.51. The van der Waals surface area contributed by atoms with E-state index >= 15 is 0 Å². The van der Waals surface area contributed by atoms with Crippen LogP contribution < -0.4 is 10.6 Å². The van der Waals surface area contributed by atoms with E-state index < -0.39 is 5.60 Å². The lowest BCUT2D eigenvalue weighted by molar-refractivity contribution is 0.00578. The van der Waals surface area contributed by atoms with Gasteiger partial charge in [0.1, 0.15) is 15.3 Å².